The molecule has 1 fully saturated rings. The van der Waals surface area contributed by atoms with Crippen LogP contribution in [0.15, 0.2) is 50.5 Å². The second-order valence-corrected chi connectivity index (χ2v) is 10.6. The molecule has 1 aliphatic rings. The van der Waals surface area contributed by atoms with Crippen LogP contribution in [0.3, 0.4) is 0 Å². The van der Waals surface area contributed by atoms with Crippen molar-refractivity contribution in [2.24, 2.45) is 0 Å². The summed E-state index contributed by atoms with van der Waals surface area (Å²) in [5.41, 5.74) is 2.33. The van der Waals surface area contributed by atoms with Gasteiger partial charge in [0.25, 0.3) is 0 Å². The number of nitrogens with zero attached hydrogens (tertiary/aromatic N) is 1. The lowest BCUT2D eigenvalue weighted by Crippen LogP contribution is -2.32. The molecule has 1 aliphatic heterocycles. The number of carbonyl (C=O) groups is 1. The SMILES string of the molecule is COc1ccc(C(=O)OCc2cc(=O)oc3c(C)c(C)ccc23)cc1S(=O)(=O)N1CCCCCC1. The largest absolute Gasteiger partial charge is 0.495 e. The summed E-state index contributed by atoms with van der Waals surface area (Å²) in [6.07, 6.45) is 3.56. The van der Waals surface area contributed by atoms with Crippen molar-refractivity contribution in [3.05, 3.63) is 69.1 Å². The van der Waals surface area contributed by atoms with Gasteiger partial charge in [0.1, 0.15) is 22.8 Å². The number of aryl methyl sites for hydroxylation is 2. The predicted molar refractivity (Wildman–Crippen MR) is 131 cm³/mol. The summed E-state index contributed by atoms with van der Waals surface area (Å²) in [7, 11) is -2.45. The number of sulfonamides is 1. The molecule has 0 unspecified atom stereocenters. The summed E-state index contributed by atoms with van der Waals surface area (Å²) in [6.45, 7) is 4.48. The van der Waals surface area contributed by atoms with Crippen LogP contribution in [0, 0.1) is 13.8 Å². The van der Waals surface area contributed by atoms with Gasteiger partial charge in [0.2, 0.25) is 10.0 Å². The van der Waals surface area contributed by atoms with Gasteiger partial charge >= 0.3 is 11.6 Å². The van der Waals surface area contributed by atoms with Gasteiger partial charge in [-0.3, -0.25) is 0 Å². The maximum absolute atomic E-state index is 13.4. The van der Waals surface area contributed by atoms with E-state index in [0.717, 1.165) is 36.8 Å². The van der Waals surface area contributed by atoms with Crippen LogP contribution in [0.4, 0.5) is 0 Å². The van der Waals surface area contributed by atoms with Crippen LogP contribution < -0.4 is 10.4 Å². The molecule has 9 heteroatoms. The number of methoxy groups -OCH3 is 1. The van der Waals surface area contributed by atoms with Crippen molar-refractivity contribution in [2.45, 2.75) is 51.0 Å². The number of fused-ring (bicyclic) bond motifs is 1. The molecule has 0 saturated carbocycles. The Morgan fingerprint density at radius 2 is 1.74 bits per heavy atom. The van der Waals surface area contributed by atoms with Gasteiger partial charge in [0.15, 0.2) is 0 Å². The fourth-order valence-corrected chi connectivity index (χ4v) is 6.00. The minimum atomic E-state index is -3.85. The zero-order valence-electron chi connectivity index (χ0n) is 20.1. The van der Waals surface area contributed by atoms with Crippen molar-refractivity contribution in [1.82, 2.24) is 4.31 Å². The maximum atomic E-state index is 13.4. The average molecular weight is 500 g/mol. The second kappa shape index (κ2) is 10.2. The van der Waals surface area contributed by atoms with E-state index in [0.29, 0.717) is 29.6 Å². The van der Waals surface area contributed by atoms with Gasteiger partial charge in [0, 0.05) is 30.1 Å². The Morgan fingerprint density at radius 3 is 2.43 bits per heavy atom. The Labute approximate surface area is 204 Å². The van der Waals surface area contributed by atoms with Gasteiger partial charge in [-0.15, -0.1) is 0 Å². The Hall–Kier alpha value is -3.17. The van der Waals surface area contributed by atoms with Crippen LogP contribution in [0.25, 0.3) is 11.0 Å². The van der Waals surface area contributed by atoms with E-state index in [1.807, 2.05) is 26.0 Å². The lowest BCUT2D eigenvalue weighted by atomic mass is 10.0. The van der Waals surface area contributed by atoms with E-state index in [2.05, 4.69) is 0 Å². The van der Waals surface area contributed by atoms with E-state index >= 15 is 0 Å². The third-order valence-corrected chi connectivity index (χ3v) is 8.38. The van der Waals surface area contributed by atoms with E-state index in [1.54, 1.807) is 0 Å². The molecule has 0 atom stereocenters. The summed E-state index contributed by atoms with van der Waals surface area (Å²) in [5.74, 6) is -0.534. The first-order valence-electron chi connectivity index (χ1n) is 11.6. The van der Waals surface area contributed by atoms with Crippen LogP contribution >= 0.6 is 0 Å². The maximum Gasteiger partial charge on any atom is 0.338 e. The van der Waals surface area contributed by atoms with Crippen LogP contribution in [-0.2, 0) is 21.4 Å². The zero-order chi connectivity index (χ0) is 25.2. The van der Waals surface area contributed by atoms with E-state index in [4.69, 9.17) is 13.9 Å². The number of hydrogen-bond donors (Lipinski definition) is 0. The molecule has 0 bridgehead atoms. The van der Waals surface area contributed by atoms with E-state index in [9.17, 15) is 18.0 Å². The highest BCUT2D eigenvalue weighted by Gasteiger charge is 2.29. The summed E-state index contributed by atoms with van der Waals surface area (Å²) >= 11 is 0. The molecule has 1 aromatic heterocycles. The number of benzene rings is 2. The average Bonchev–Trinajstić information content (AvgIpc) is 3.15. The quantitative estimate of drug-likeness (QED) is 0.367. The molecule has 35 heavy (non-hydrogen) atoms. The molecule has 0 aliphatic carbocycles. The van der Waals surface area contributed by atoms with Gasteiger partial charge in [-0.05, 0) is 56.0 Å². The third-order valence-electron chi connectivity index (χ3n) is 6.46. The topological polar surface area (TPSA) is 103 Å². The van der Waals surface area contributed by atoms with Crippen molar-refractivity contribution >= 4 is 27.0 Å². The molecule has 4 rings (SSSR count). The first kappa shape index (κ1) is 24.9. The number of carbonyl (C=O) groups excluding carboxylic acids is 1. The van der Waals surface area contributed by atoms with E-state index in [1.165, 1.54) is 35.7 Å². The number of esters is 1. The molecule has 8 nitrogen and oxygen atoms in total. The fraction of sp³-hybridized carbons (Fsp3) is 0.385. The molecule has 0 radical (unpaired) electrons. The fourth-order valence-electron chi connectivity index (χ4n) is 4.30. The normalized spacial score (nSPS) is 15.1. The Bertz CT molecular complexity index is 1420. The molecule has 2 heterocycles. The Morgan fingerprint density at radius 1 is 1.03 bits per heavy atom. The summed E-state index contributed by atoms with van der Waals surface area (Å²) in [5, 5.41) is 0.680. The van der Waals surface area contributed by atoms with Gasteiger partial charge < -0.3 is 13.9 Å². The standard InChI is InChI=1S/C26H29NO7S/c1-17-8-10-21-20(15-24(28)34-25(21)18(17)2)16-33-26(29)19-9-11-22(32-3)23(14-19)35(30,31)27-12-6-4-5-7-13-27/h8-11,14-15H,4-7,12-13,16H2,1-3H3. The first-order chi connectivity index (χ1) is 16.7. The Balaban J connectivity index is 1.62. The zero-order valence-corrected chi connectivity index (χ0v) is 20.9. The predicted octanol–water partition coefficient (Wildman–Crippen LogP) is 4.34. The van der Waals surface area contributed by atoms with E-state index < -0.39 is 21.6 Å². The van der Waals surface area contributed by atoms with Gasteiger partial charge in [-0.1, -0.05) is 25.0 Å². The highest BCUT2D eigenvalue weighted by molar-refractivity contribution is 7.89. The van der Waals surface area contributed by atoms with Crippen molar-refractivity contribution in [3.8, 4) is 5.75 Å². The molecule has 186 valence electrons. The Kier molecular flexibility index (Phi) is 7.28. The monoisotopic (exact) mass is 499 g/mol. The van der Waals surface area contributed by atoms with E-state index in [-0.39, 0.29) is 22.8 Å². The van der Waals surface area contributed by atoms with Crippen molar-refractivity contribution in [1.29, 1.82) is 0 Å². The lowest BCUT2D eigenvalue weighted by Gasteiger charge is -2.21. The molecule has 1 saturated heterocycles. The summed E-state index contributed by atoms with van der Waals surface area (Å²) < 4.78 is 44.3. The molecule has 0 N–H and O–H groups in total. The molecule has 2 aromatic carbocycles. The molecular weight excluding hydrogens is 470 g/mol. The summed E-state index contributed by atoms with van der Waals surface area (Å²) in [4.78, 5) is 24.9. The van der Waals surface area contributed by atoms with Crippen molar-refractivity contribution in [3.63, 3.8) is 0 Å². The lowest BCUT2D eigenvalue weighted by molar-refractivity contribution is 0.0473. The first-order valence-corrected chi connectivity index (χ1v) is 13.0. The van der Waals surface area contributed by atoms with Crippen LogP contribution in [0.2, 0.25) is 0 Å². The van der Waals surface area contributed by atoms with Gasteiger partial charge in [0.05, 0.1) is 12.7 Å². The molecule has 0 amide bonds. The molecule has 3 aromatic rings. The summed E-state index contributed by atoms with van der Waals surface area (Å²) in [6, 6.07) is 9.25. The highest BCUT2D eigenvalue weighted by atomic mass is 32.2. The van der Waals surface area contributed by atoms with Crippen LogP contribution in [-0.4, -0.2) is 38.9 Å². The second-order valence-electron chi connectivity index (χ2n) is 8.73. The minimum Gasteiger partial charge on any atom is -0.495 e. The van der Waals surface area contributed by atoms with Crippen molar-refractivity contribution < 1.29 is 27.1 Å². The minimum absolute atomic E-state index is 0.0618. The van der Waals surface area contributed by atoms with Gasteiger partial charge in [-0.25, -0.2) is 18.0 Å². The van der Waals surface area contributed by atoms with Gasteiger partial charge in [-0.2, -0.15) is 4.31 Å². The molecular formula is C26H29NO7S. The third kappa shape index (κ3) is 5.11. The number of hydrogen-bond acceptors (Lipinski definition) is 7. The molecule has 0 spiro atoms. The van der Waals surface area contributed by atoms with Crippen molar-refractivity contribution in [2.75, 3.05) is 20.2 Å². The van der Waals surface area contributed by atoms with Crippen LogP contribution in [0.1, 0.15) is 52.7 Å². The van der Waals surface area contributed by atoms with Crippen LogP contribution in [0.5, 0.6) is 5.75 Å². The smallest absolute Gasteiger partial charge is 0.338 e. The number of ether oxygens (including phenoxy) is 2. The highest BCUT2D eigenvalue weighted by Crippen LogP contribution is 2.30. The number of rotatable bonds is 6.